The Labute approximate surface area is 161 Å². The SMILES string of the molecule is Cc1cc2c(c(O)c1C(=O)O)CC1C(C)(CCC3C(C)(C)CCCC31C)O2. The molecule has 2 N–H and O–H groups in total. The molecule has 3 aliphatic rings. The van der Waals surface area contributed by atoms with Crippen molar-refractivity contribution in [2.45, 2.75) is 78.7 Å². The molecule has 1 heterocycles. The molecule has 4 heteroatoms. The van der Waals surface area contributed by atoms with Crippen LogP contribution in [-0.2, 0) is 6.42 Å². The second-order valence-electron chi connectivity index (χ2n) is 10.3. The highest BCUT2D eigenvalue weighted by molar-refractivity contribution is 5.93. The van der Waals surface area contributed by atoms with E-state index in [1.54, 1.807) is 13.0 Å². The van der Waals surface area contributed by atoms with Gasteiger partial charge in [0.15, 0.2) is 0 Å². The van der Waals surface area contributed by atoms with E-state index in [9.17, 15) is 15.0 Å². The van der Waals surface area contributed by atoms with Gasteiger partial charge in [0.05, 0.1) is 0 Å². The van der Waals surface area contributed by atoms with Gasteiger partial charge in [-0.3, -0.25) is 0 Å². The molecule has 4 nitrogen and oxygen atoms in total. The Morgan fingerprint density at radius 3 is 2.52 bits per heavy atom. The first-order valence-electron chi connectivity index (χ1n) is 10.3. The zero-order valence-corrected chi connectivity index (χ0v) is 17.2. The molecule has 2 fully saturated rings. The maximum absolute atomic E-state index is 11.6. The molecular weight excluding hydrogens is 340 g/mol. The summed E-state index contributed by atoms with van der Waals surface area (Å²) < 4.78 is 6.55. The predicted molar refractivity (Wildman–Crippen MR) is 104 cm³/mol. The number of carboxylic acids is 1. The number of aromatic carboxylic acids is 1. The van der Waals surface area contributed by atoms with Gasteiger partial charge in [0.25, 0.3) is 0 Å². The molecular formula is C23H32O4. The van der Waals surface area contributed by atoms with Gasteiger partial charge in [-0.25, -0.2) is 4.79 Å². The van der Waals surface area contributed by atoms with E-state index < -0.39 is 5.97 Å². The zero-order valence-electron chi connectivity index (χ0n) is 17.2. The summed E-state index contributed by atoms with van der Waals surface area (Å²) in [5, 5.41) is 20.3. The fourth-order valence-corrected chi connectivity index (χ4v) is 7.00. The average molecular weight is 373 g/mol. The van der Waals surface area contributed by atoms with E-state index >= 15 is 0 Å². The van der Waals surface area contributed by atoms with Crippen molar-refractivity contribution in [3.05, 3.63) is 22.8 Å². The second kappa shape index (κ2) is 5.65. The van der Waals surface area contributed by atoms with Crippen LogP contribution in [0.5, 0.6) is 11.5 Å². The molecule has 0 saturated heterocycles. The number of ether oxygens (including phenoxy) is 1. The predicted octanol–water partition coefficient (Wildman–Crippen LogP) is 5.34. The van der Waals surface area contributed by atoms with E-state index in [-0.39, 0.29) is 28.2 Å². The number of hydrogen-bond acceptors (Lipinski definition) is 3. The third-order valence-electron chi connectivity index (χ3n) is 8.27. The molecule has 1 aromatic carbocycles. The molecule has 1 aromatic rings. The smallest absolute Gasteiger partial charge is 0.339 e. The number of fused-ring (bicyclic) bond motifs is 4. The Hall–Kier alpha value is -1.71. The van der Waals surface area contributed by atoms with Crippen molar-refractivity contribution in [2.75, 3.05) is 0 Å². The molecule has 27 heavy (non-hydrogen) atoms. The van der Waals surface area contributed by atoms with Crippen molar-refractivity contribution in [3.63, 3.8) is 0 Å². The summed E-state index contributed by atoms with van der Waals surface area (Å²) in [7, 11) is 0. The Balaban J connectivity index is 1.83. The van der Waals surface area contributed by atoms with Gasteiger partial charge in [-0.05, 0) is 74.3 Å². The van der Waals surface area contributed by atoms with E-state index in [1.807, 2.05) is 0 Å². The van der Waals surface area contributed by atoms with Crippen molar-refractivity contribution >= 4 is 5.97 Å². The molecule has 0 radical (unpaired) electrons. The summed E-state index contributed by atoms with van der Waals surface area (Å²) >= 11 is 0. The summed E-state index contributed by atoms with van der Waals surface area (Å²) in [6, 6.07) is 1.80. The highest BCUT2D eigenvalue weighted by atomic mass is 16.5. The standard InChI is InChI=1S/C23H32O4/c1-13-11-15-14(19(24)18(13)20(25)26)12-17-22(4)9-6-8-21(2,3)16(22)7-10-23(17,5)27-15/h11,16-17,24H,6-10,12H2,1-5H3,(H,25,26). The van der Waals surface area contributed by atoms with Gasteiger partial charge in [-0.1, -0.05) is 27.2 Å². The van der Waals surface area contributed by atoms with Crippen LogP contribution >= 0.6 is 0 Å². The number of benzene rings is 1. The lowest BCUT2D eigenvalue weighted by molar-refractivity contribution is -0.162. The molecule has 0 amide bonds. The summed E-state index contributed by atoms with van der Waals surface area (Å²) in [4.78, 5) is 11.6. The largest absolute Gasteiger partial charge is 0.507 e. The summed E-state index contributed by atoms with van der Waals surface area (Å²) in [6.07, 6.45) is 6.55. The molecule has 4 unspecified atom stereocenters. The highest BCUT2D eigenvalue weighted by Gasteiger charge is 2.60. The molecule has 2 saturated carbocycles. The van der Waals surface area contributed by atoms with Crippen molar-refractivity contribution in [1.29, 1.82) is 0 Å². The number of aromatic hydroxyl groups is 1. The number of phenols is 1. The summed E-state index contributed by atoms with van der Waals surface area (Å²) in [6.45, 7) is 11.2. The van der Waals surface area contributed by atoms with Crippen LogP contribution in [0.25, 0.3) is 0 Å². The third kappa shape index (κ3) is 2.51. The number of carboxylic acid groups (broad SMARTS) is 1. The van der Waals surface area contributed by atoms with Crippen LogP contribution < -0.4 is 4.74 Å². The van der Waals surface area contributed by atoms with Crippen LogP contribution in [-0.4, -0.2) is 21.8 Å². The molecule has 148 valence electrons. The van der Waals surface area contributed by atoms with Crippen LogP contribution in [0.2, 0.25) is 0 Å². The first-order chi connectivity index (χ1) is 12.5. The number of carbonyl (C=O) groups is 1. The van der Waals surface area contributed by atoms with E-state index in [0.717, 1.165) is 6.42 Å². The lowest BCUT2D eigenvalue weighted by Gasteiger charge is -2.63. The summed E-state index contributed by atoms with van der Waals surface area (Å²) in [5.41, 5.74) is 1.46. The van der Waals surface area contributed by atoms with Gasteiger partial charge in [0, 0.05) is 11.5 Å². The average Bonchev–Trinajstić information content (AvgIpc) is 2.51. The molecule has 2 aliphatic carbocycles. The molecule has 4 atom stereocenters. The van der Waals surface area contributed by atoms with Gasteiger partial charge < -0.3 is 14.9 Å². The number of hydrogen-bond donors (Lipinski definition) is 2. The van der Waals surface area contributed by atoms with Crippen LogP contribution in [0.15, 0.2) is 6.07 Å². The molecule has 1 aliphatic heterocycles. The van der Waals surface area contributed by atoms with Crippen LogP contribution in [0.1, 0.15) is 81.3 Å². The first-order valence-corrected chi connectivity index (χ1v) is 10.3. The normalized spacial score (nSPS) is 36.8. The van der Waals surface area contributed by atoms with Gasteiger partial charge in [-0.15, -0.1) is 0 Å². The van der Waals surface area contributed by atoms with Gasteiger partial charge in [0.2, 0.25) is 0 Å². The highest BCUT2D eigenvalue weighted by Crippen LogP contribution is 2.65. The quantitative estimate of drug-likeness (QED) is 0.699. The second-order valence-corrected chi connectivity index (χ2v) is 10.3. The lowest BCUT2D eigenvalue weighted by Crippen LogP contribution is -2.61. The maximum Gasteiger partial charge on any atom is 0.339 e. The van der Waals surface area contributed by atoms with Crippen molar-refractivity contribution in [1.82, 2.24) is 0 Å². The topological polar surface area (TPSA) is 66.8 Å². The Bertz CT molecular complexity index is 811. The molecule has 0 spiro atoms. The minimum absolute atomic E-state index is 0.0161. The molecule has 4 rings (SSSR count). The Kier molecular flexibility index (Phi) is 3.90. The minimum Gasteiger partial charge on any atom is -0.507 e. The minimum atomic E-state index is -1.08. The van der Waals surface area contributed by atoms with Crippen molar-refractivity contribution in [2.24, 2.45) is 22.7 Å². The van der Waals surface area contributed by atoms with E-state index in [0.29, 0.717) is 34.6 Å². The van der Waals surface area contributed by atoms with Gasteiger partial charge >= 0.3 is 5.97 Å². The van der Waals surface area contributed by atoms with Crippen molar-refractivity contribution < 1.29 is 19.7 Å². The maximum atomic E-state index is 11.6. The van der Waals surface area contributed by atoms with E-state index in [1.165, 1.54) is 25.7 Å². The number of aryl methyl sites for hydroxylation is 1. The monoisotopic (exact) mass is 372 g/mol. The van der Waals surface area contributed by atoms with Gasteiger partial charge in [0.1, 0.15) is 22.7 Å². The number of rotatable bonds is 1. The van der Waals surface area contributed by atoms with Crippen LogP contribution in [0.3, 0.4) is 0 Å². The van der Waals surface area contributed by atoms with E-state index in [4.69, 9.17) is 4.74 Å². The van der Waals surface area contributed by atoms with Crippen LogP contribution in [0, 0.1) is 29.6 Å². The fourth-order valence-electron chi connectivity index (χ4n) is 7.00. The Morgan fingerprint density at radius 1 is 1.15 bits per heavy atom. The fraction of sp³-hybridized carbons (Fsp3) is 0.696. The van der Waals surface area contributed by atoms with E-state index in [2.05, 4.69) is 27.7 Å². The first kappa shape index (κ1) is 18.6. The summed E-state index contributed by atoms with van der Waals surface area (Å²) in [5.74, 6) is 0.415. The molecule has 0 bridgehead atoms. The third-order valence-corrected chi connectivity index (χ3v) is 8.27. The lowest BCUT2D eigenvalue weighted by atomic mass is 9.44. The van der Waals surface area contributed by atoms with Crippen molar-refractivity contribution in [3.8, 4) is 11.5 Å². The van der Waals surface area contributed by atoms with Crippen LogP contribution in [0.4, 0.5) is 0 Å². The zero-order chi connectivity index (χ0) is 19.8. The van der Waals surface area contributed by atoms with Gasteiger partial charge in [-0.2, -0.15) is 0 Å². The Morgan fingerprint density at radius 2 is 1.85 bits per heavy atom. The molecule has 0 aromatic heterocycles.